The van der Waals surface area contributed by atoms with E-state index in [2.05, 4.69) is 26.1 Å². The molecule has 1 aliphatic rings. The van der Waals surface area contributed by atoms with Gasteiger partial charge in [0.15, 0.2) is 0 Å². The lowest BCUT2D eigenvalue weighted by atomic mass is 9.80. The summed E-state index contributed by atoms with van der Waals surface area (Å²) in [6.07, 6.45) is 2.66. The molecule has 3 nitrogen and oxygen atoms in total. The van der Waals surface area contributed by atoms with Crippen molar-refractivity contribution >= 4 is 27.6 Å². The van der Waals surface area contributed by atoms with Crippen molar-refractivity contribution in [2.75, 3.05) is 0 Å². The molecule has 0 amide bonds. The summed E-state index contributed by atoms with van der Waals surface area (Å²) in [6.45, 7) is 0. The van der Waals surface area contributed by atoms with E-state index in [-0.39, 0.29) is 17.3 Å². The molecule has 2 N–H and O–H groups in total. The van der Waals surface area contributed by atoms with Crippen LogP contribution in [0.5, 0.6) is 0 Å². The second-order valence-corrected chi connectivity index (χ2v) is 6.81. The maximum Gasteiger partial charge on any atom is 0.268 e. The molecule has 1 unspecified atom stereocenters. The fraction of sp³-hybridized carbons (Fsp3) is 0.105. The standard InChI is InChI=1S/C19H14BrFN2O/c20-14-5-1-12(2-6-14)16-9-13(11-3-7-15(21)8-4-11)10-17-18(16)19(24)23-22-17/h1-8,10,16H,9H2,(H2,22,23,24). The normalized spacial score (nSPS) is 16.6. The number of hydrogen-bond donors (Lipinski definition) is 2. The molecule has 1 aliphatic carbocycles. The number of rotatable bonds is 2. The van der Waals surface area contributed by atoms with E-state index in [9.17, 15) is 9.18 Å². The summed E-state index contributed by atoms with van der Waals surface area (Å²) >= 11 is 3.44. The Morgan fingerprint density at radius 1 is 1.00 bits per heavy atom. The van der Waals surface area contributed by atoms with Crippen LogP contribution < -0.4 is 5.56 Å². The molecule has 1 heterocycles. The Morgan fingerprint density at radius 3 is 2.42 bits per heavy atom. The van der Waals surface area contributed by atoms with E-state index in [0.717, 1.165) is 32.4 Å². The first-order valence-electron chi connectivity index (χ1n) is 7.64. The van der Waals surface area contributed by atoms with Gasteiger partial charge < -0.3 is 0 Å². The molecular weight excluding hydrogens is 371 g/mol. The summed E-state index contributed by atoms with van der Waals surface area (Å²) in [4.78, 5) is 12.2. The molecule has 0 saturated heterocycles. The second-order valence-electron chi connectivity index (χ2n) is 5.89. The maximum atomic E-state index is 13.2. The molecule has 0 aliphatic heterocycles. The number of benzene rings is 2. The van der Waals surface area contributed by atoms with Crippen LogP contribution in [0.25, 0.3) is 11.6 Å². The fourth-order valence-corrected chi connectivity index (χ4v) is 3.51. The van der Waals surface area contributed by atoms with Crippen molar-refractivity contribution in [1.29, 1.82) is 0 Å². The molecular formula is C19H14BrFN2O. The van der Waals surface area contributed by atoms with Crippen molar-refractivity contribution in [3.63, 3.8) is 0 Å². The predicted octanol–water partition coefficient (Wildman–Crippen LogP) is 4.68. The predicted molar refractivity (Wildman–Crippen MR) is 96.3 cm³/mol. The van der Waals surface area contributed by atoms with E-state index < -0.39 is 0 Å². The maximum absolute atomic E-state index is 13.2. The summed E-state index contributed by atoms with van der Waals surface area (Å²) in [6, 6.07) is 14.5. The van der Waals surface area contributed by atoms with Gasteiger partial charge in [0.05, 0.1) is 11.3 Å². The van der Waals surface area contributed by atoms with E-state index in [1.165, 1.54) is 12.1 Å². The summed E-state index contributed by atoms with van der Waals surface area (Å²) in [5.74, 6) is -0.288. The first kappa shape index (κ1) is 15.1. The van der Waals surface area contributed by atoms with E-state index in [0.29, 0.717) is 6.42 Å². The van der Waals surface area contributed by atoms with Crippen LogP contribution in [0.3, 0.4) is 0 Å². The molecule has 5 heteroatoms. The van der Waals surface area contributed by atoms with Gasteiger partial charge in [-0.2, -0.15) is 0 Å². The van der Waals surface area contributed by atoms with Crippen LogP contribution in [0.2, 0.25) is 0 Å². The van der Waals surface area contributed by atoms with E-state index >= 15 is 0 Å². The van der Waals surface area contributed by atoms with Crippen LogP contribution in [-0.2, 0) is 0 Å². The van der Waals surface area contributed by atoms with Gasteiger partial charge in [-0.25, -0.2) is 4.39 Å². The third-order valence-corrected chi connectivity index (χ3v) is 4.95. The van der Waals surface area contributed by atoms with Crippen molar-refractivity contribution in [3.05, 3.63) is 91.6 Å². The van der Waals surface area contributed by atoms with Gasteiger partial charge in [0.1, 0.15) is 5.82 Å². The van der Waals surface area contributed by atoms with Gasteiger partial charge in [-0.05, 0) is 53.5 Å². The molecule has 2 aromatic carbocycles. The molecule has 0 saturated carbocycles. The first-order chi connectivity index (χ1) is 11.6. The zero-order valence-electron chi connectivity index (χ0n) is 12.6. The van der Waals surface area contributed by atoms with Crippen LogP contribution in [0.1, 0.15) is 34.7 Å². The summed E-state index contributed by atoms with van der Waals surface area (Å²) in [5, 5.41) is 5.63. The van der Waals surface area contributed by atoms with Crippen molar-refractivity contribution in [3.8, 4) is 0 Å². The molecule has 1 atom stereocenters. The molecule has 120 valence electrons. The number of hydrogen-bond acceptors (Lipinski definition) is 1. The lowest BCUT2D eigenvalue weighted by molar-refractivity contribution is 0.627. The molecule has 0 bridgehead atoms. The molecule has 0 spiro atoms. The fourth-order valence-electron chi connectivity index (χ4n) is 3.24. The van der Waals surface area contributed by atoms with Gasteiger partial charge in [-0.1, -0.05) is 40.2 Å². The minimum absolute atomic E-state index is 0.0341. The Hall–Kier alpha value is -2.40. The van der Waals surface area contributed by atoms with Crippen LogP contribution in [-0.4, -0.2) is 10.2 Å². The SMILES string of the molecule is O=c1[nH][nH]c2c1C(c1ccc(Br)cc1)CC(c1ccc(F)cc1)=C2. The molecule has 4 rings (SSSR count). The molecule has 24 heavy (non-hydrogen) atoms. The number of allylic oxidation sites excluding steroid dienone is 1. The van der Waals surface area contributed by atoms with E-state index in [1.54, 1.807) is 12.1 Å². The smallest absolute Gasteiger partial charge is 0.268 e. The van der Waals surface area contributed by atoms with Gasteiger partial charge in [0.2, 0.25) is 0 Å². The van der Waals surface area contributed by atoms with Crippen molar-refractivity contribution in [2.24, 2.45) is 0 Å². The van der Waals surface area contributed by atoms with Crippen molar-refractivity contribution in [2.45, 2.75) is 12.3 Å². The second kappa shape index (κ2) is 5.91. The van der Waals surface area contributed by atoms with Gasteiger partial charge in [-0.3, -0.25) is 15.0 Å². The quantitative estimate of drug-likeness (QED) is 0.661. The lowest BCUT2D eigenvalue weighted by Crippen LogP contribution is -2.16. The Balaban J connectivity index is 1.82. The highest BCUT2D eigenvalue weighted by atomic mass is 79.9. The minimum atomic E-state index is -0.254. The number of H-pyrrole nitrogens is 2. The first-order valence-corrected chi connectivity index (χ1v) is 8.43. The third kappa shape index (κ3) is 2.65. The van der Waals surface area contributed by atoms with Gasteiger partial charge in [-0.15, -0.1) is 0 Å². The topological polar surface area (TPSA) is 48.6 Å². The summed E-state index contributed by atoms with van der Waals surface area (Å²) in [7, 11) is 0. The number of aromatic nitrogens is 2. The van der Waals surface area contributed by atoms with Crippen molar-refractivity contribution < 1.29 is 4.39 Å². The highest BCUT2D eigenvalue weighted by Gasteiger charge is 2.27. The zero-order chi connectivity index (χ0) is 16.7. The Morgan fingerprint density at radius 2 is 1.71 bits per heavy atom. The highest BCUT2D eigenvalue weighted by molar-refractivity contribution is 9.10. The zero-order valence-corrected chi connectivity index (χ0v) is 14.2. The minimum Gasteiger partial charge on any atom is -0.298 e. The Kier molecular flexibility index (Phi) is 3.73. The molecule has 0 fully saturated rings. The third-order valence-electron chi connectivity index (χ3n) is 4.42. The van der Waals surface area contributed by atoms with Crippen LogP contribution >= 0.6 is 15.9 Å². The number of halogens is 2. The average Bonchev–Trinajstić information content (AvgIpc) is 2.97. The highest BCUT2D eigenvalue weighted by Crippen LogP contribution is 2.39. The Bertz CT molecular complexity index is 968. The summed E-state index contributed by atoms with van der Waals surface area (Å²) < 4.78 is 14.2. The van der Waals surface area contributed by atoms with Crippen LogP contribution in [0, 0.1) is 5.82 Å². The number of nitrogens with one attached hydrogen (secondary N) is 2. The molecule has 0 radical (unpaired) electrons. The number of aromatic amines is 2. The largest absolute Gasteiger partial charge is 0.298 e. The Labute approximate surface area is 146 Å². The van der Waals surface area contributed by atoms with E-state index in [4.69, 9.17) is 0 Å². The average molecular weight is 385 g/mol. The lowest BCUT2D eigenvalue weighted by Gasteiger charge is -2.23. The van der Waals surface area contributed by atoms with Gasteiger partial charge in [0, 0.05) is 10.4 Å². The number of fused-ring (bicyclic) bond motifs is 1. The van der Waals surface area contributed by atoms with E-state index in [1.807, 2.05) is 30.3 Å². The van der Waals surface area contributed by atoms with Crippen molar-refractivity contribution in [1.82, 2.24) is 10.2 Å². The van der Waals surface area contributed by atoms with Gasteiger partial charge in [0.25, 0.3) is 5.56 Å². The van der Waals surface area contributed by atoms with Crippen LogP contribution in [0.4, 0.5) is 4.39 Å². The summed E-state index contributed by atoms with van der Waals surface area (Å²) in [5.41, 5.74) is 4.57. The van der Waals surface area contributed by atoms with Gasteiger partial charge >= 0.3 is 0 Å². The van der Waals surface area contributed by atoms with Crippen LogP contribution in [0.15, 0.2) is 57.8 Å². The molecule has 1 aromatic heterocycles. The molecule has 3 aromatic rings. The monoisotopic (exact) mass is 384 g/mol.